The number of benzene rings is 1. The first-order valence-electron chi connectivity index (χ1n) is 4.89. The summed E-state index contributed by atoms with van der Waals surface area (Å²) in [5.74, 6) is -0.402. The summed E-state index contributed by atoms with van der Waals surface area (Å²) in [7, 11) is 0. The zero-order valence-electron chi connectivity index (χ0n) is 8.70. The Morgan fingerprint density at radius 1 is 1.24 bits per heavy atom. The summed E-state index contributed by atoms with van der Waals surface area (Å²) < 4.78 is 13.8. The van der Waals surface area contributed by atoms with Crippen LogP contribution in [0.4, 0.5) is 4.39 Å². The van der Waals surface area contributed by atoms with E-state index in [4.69, 9.17) is 17.3 Å². The number of nitrogens with two attached hydrogens (primary N) is 1. The first-order chi connectivity index (χ1) is 8.08. The van der Waals surface area contributed by atoms with Crippen LogP contribution in [0.5, 0.6) is 0 Å². The second-order valence-electron chi connectivity index (χ2n) is 3.59. The summed E-state index contributed by atoms with van der Waals surface area (Å²) >= 11 is 9.29. The lowest BCUT2D eigenvalue weighted by Crippen LogP contribution is -2.12. The molecule has 2 nitrogen and oxygen atoms in total. The van der Waals surface area contributed by atoms with E-state index in [1.165, 1.54) is 6.07 Å². The molecule has 0 aliphatic heterocycles. The van der Waals surface area contributed by atoms with Crippen LogP contribution < -0.4 is 5.73 Å². The molecule has 17 heavy (non-hydrogen) atoms. The number of aromatic nitrogens is 1. The van der Waals surface area contributed by atoms with Gasteiger partial charge in [0.25, 0.3) is 0 Å². The molecule has 0 saturated carbocycles. The molecule has 0 bridgehead atoms. The fraction of sp³-hybridized carbons (Fsp3) is 0.0833. The van der Waals surface area contributed by atoms with Crippen LogP contribution >= 0.6 is 27.5 Å². The number of hydrogen-bond donors (Lipinski definition) is 1. The molecule has 2 N–H and O–H groups in total. The molecule has 0 radical (unpaired) electrons. The zero-order valence-corrected chi connectivity index (χ0v) is 11.0. The molecular formula is C12H9BrClFN2. The molecule has 1 heterocycles. The lowest BCUT2D eigenvalue weighted by atomic mass is 10.0. The third-order valence-electron chi connectivity index (χ3n) is 2.39. The second-order valence-corrected chi connectivity index (χ2v) is 4.85. The summed E-state index contributed by atoms with van der Waals surface area (Å²) in [5, 5.41) is 0.572. The van der Waals surface area contributed by atoms with Gasteiger partial charge in [-0.15, -0.1) is 0 Å². The van der Waals surface area contributed by atoms with Crippen LogP contribution in [-0.4, -0.2) is 4.98 Å². The quantitative estimate of drug-likeness (QED) is 0.918. The van der Waals surface area contributed by atoms with Crippen molar-refractivity contribution in [2.75, 3.05) is 0 Å². The van der Waals surface area contributed by atoms with Crippen LogP contribution in [-0.2, 0) is 0 Å². The third kappa shape index (κ3) is 2.83. The van der Waals surface area contributed by atoms with E-state index in [1.807, 2.05) is 12.1 Å². The first kappa shape index (κ1) is 12.5. The molecule has 2 rings (SSSR count). The van der Waals surface area contributed by atoms with Crippen LogP contribution in [0, 0.1) is 5.82 Å². The molecular weight excluding hydrogens is 307 g/mol. The average Bonchev–Trinajstić information content (AvgIpc) is 2.32. The second kappa shape index (κ2) is 5.12. The van der Waals surface area contributed by atoms with Gasteiger partial charge in [-0.25, -0.2) is 4.39 Å². The van der Waals surface area contributed by atoms with Gasteiger partial charge in [-0.05, 0) is 45.3 Å². The summed E-state index contributed by atoms with van der Waals surface area (Å²) in [6, 6.07) is 6.33. The van der Waals surface area contributed by atoms with E-state index in [-0.39, 0.29) is 0 Å². The topological polar surface area (TPSA) is 38.9 Å². The van der Waals surface area contributed by atoms with Crippen LogP contribution in [0.3, 0.4) is 0 Å². The lowest BCUT2D eigenvalue weighted by molar-refractivity contribution is 0.616. The minimum Gasteiger partial charge on any atom is -0.320 e. The highest BCUT2D eigenvalue weighted by Gasteiger charge is 2.11. The average molecular weight is 316 g/mol. The Morgan fingerprint density at radius 2 is 2.00 bits per heavy atom. The molecule has 0 amide bonds. The predicted octanol–water partition coefficient (Wildman–Crippen LogP) is 3.68. The molecule has 1 aromatic heterocycles. The van der Waals surface area contributed by atoms with Crippen LogP contribution in [0.1, 0.15) is 17.2 Å². The van der Waals surface area contributed by atoms with Gasteiger partial charge in [0, 0.05) is 10.7 Å². The van der Waals surface area contributed by atoms with Crippen LogP contribution in [0.2, 0.25) is 5.02 Å². The molecule has 0 aliphatic rings. The van der Waals surface area contributed by atoms with Gasteiger partial charge in [0.2, 0.25) is 0 Å². The largest absolute Gasteiger partial charge is 0.320 e. The molecule has 0 saturated heterocycles. The van der Waals surface area contributed by atoms with E-state index in [1.54, 1.807) is 12.3 Å². The highest BCUT2D eigenvalue weighted by atomic mass is 79.9. The van der Waals surface area contributed by atoms with Gasteiger partial charge in [-0.2, -0.15) is 0 Å². The monoisotopic (exact) mass is 314 g/mol. The van der Waals surface area contributed by atoms with Crippen molar-refractivity contribution in [2.45, 2.75) is 6.04 Å². The van der Waals surface area contributed by atoms with Gasteiger partial charge >= 0.3 is 0 Å². The molecule has 1 atom stereocenters. The fourth-order valence-electron chi connectivity index (χ4n) is 1.50. The Balaban J connectivity index is 2.36. The highest BCUT2D eigenvalue weighted by Crippen LogP contribution is 2.27. The fourth-order valence-corrected chi connectivity index (χ4v) is 1.93. The molecule has 0 aliphatic carbocycles. The molecule has 2 aromatic rings. The molecule has 1 aromatic carbocycles. The predicted molar refractivity (Wildman–Crippen MR) is 69.4 cm³/mol. The van der Waals surface area contributed by atoms with E-state index in [0.29, 0.717) is 10.6 Å². The highest BCUT2D eigenvalue weighted by molar-refractivity contribution is 9.10. The third-order valence-corrected chi connectivity index (χ3v) is 3.62. The smallest absolute Gasteiger partial charge is 0.141 e. The van der Waals surface area contributed by atoms with Gasteiger partial charge in [-0.1, -0.05) is 17.7 Å². The van der Waals surface area contributed by atoms with Gasteiger partial charge in [0.1, 0.15) is 5.82 Å². The number of nitrogens with zero attached hydrogens (tertiary/aromatic N) is 1. The summed E-state index contributed by atoms with van der Waals surface area (Å²) in [4.78, 5) is 3.77. The van der Waals surface area contributed by atoms with Crippen molar-refractivity contribution in [3.8, 4) is 0 Å². The maximum Gasteiger partial charge on any atom is 0.141 e. The van der Waals surface area contributed by atoms with E-state index >= 15 is 0 Å². The minimum absolute atomic E-state index is 0.402. The number of halogens is 3. The van der Waals surface area contributed by atoms with Crippen molar-refractivity contribution >= 4 is 27.5 Å². The maximum absolute atomic E-state index is 13.0. The van der Waals surface area contributed by atoms with Crippen LogP contribution in [0.25, 0.3) is 0 Å². The summed E-state index contributed by atoms with van der Waals surface area (Å²) in [6.45, 7) is 0. The van der Waals surface area contributed by atoms with Gasteiger partial charge in [0.05, 0.1) is 17.3 Å². The van der Waals surface area contributed by atoms with E-state index in [0.717, 1.165) is 16.2 Å². The zero-order chi connectivity index (χ0) is 12.4. The minimum atomic E-state index is -0.441. The molecule has 1 unspecified atom stereocenters. The van der Waals surface area contributed by atoms with E-state index < -0.39 is 11.9 Å². The molecule has 88 valence electrons. The number of hydrogen-bond acceptors (Lipinski definition) is 2. The van der Waals surface area contributed by atoms with Gasteiger partial charge in [0.15, 0.2) is 0 Å². The molecule has 0 fully saturated rings. The van der Waals surface area contributed by atoms with Crippen molar-refractivity contribution in [3.05, 3.63) is 63.1 Å². The van der Waals surface area contributed by atoms with Crippen molar-refractivity contribution in [1.82, 2.24) is 4.98 Å². The maximum atomic E-state index is 13.0. The van der Waals surface area contributed by atoms with Gasteiger partial charge in [-0.3, -0.25) is 4.98 Å². The molecule has 5 heteroatoms. The van der Waals surface area contributed by atoms with Gasteiger partial charge < -0.3 is 5.73 Å². The molecule has 0 spiro atoms. The Bertz CT molecular complexity index is 548. The van der Waals surface area contributed by atoms with Crippen molar-refractivity contribution in [1.29, 1.82) is 0 Å². The Morgan fingerprint density at radius 3 is 2.65 bits per heavy atom. The first-order valence-corrected chi connectivity index (χ1v) is 6.06. The number of rotatable bonds is 2. The lowest BCUT2D eigenvalue weighted by Gasteiger charge is -2.12. The van der Waals surface area contributed by atoms with Crippen molar-refractivity contribution in [2.24, 2.45) is 5.73 Å². The Hall–Kier alpha value is -0.970. The van der Waals surface area contributed by atoms with Crippen molar-refractivity contribution < 1.29 is 4.39 Å². The summed E-state index contributed by atoms with van der Waals surface area (Å²) in [5.41, 5.74) is 7.45. The summed E-state index contributed by atoms with van der Waals surface area (Å²) in [6.07, 6.45) is 2.69. The number of pyridine rings is 1. The Kier molecular flexibility index (Phi) is 3.76. The van der Waals surface area contributed by atoms with Crippen molar-refractivity contribution in [3.63, 3.8) is 0 Å². The van der Waals surface area contributed by atoms with E-state index in [9.17, 15) is 4.39 Å². The van der Waals surface area contributed by atoms with E-state index in [2.05, 4.69) is 20.9 Å². The normalized spacial score (nSPS) is 12.5. The SMILES string of the molecule is NC(c1cncc(F)c1)c1ccc(Br)c(Cl)c1. The van der Waals surface area contributed by atoms with Crippen LogP contribution in [0.15, 0.2) is 41.1 Å². The Labute approximate surface area is 112 Å². The standard InChI is InChI=1S/C12H9BrClFN2/c13-10-2-1-7(4-11(10)14)12(16)8-3-9(15)6-17-5-8/h1-6,12H,16H2.